The van der Waals surface area contributed by atoms with Crippen LogP contribution in [0.1, 0.15) is 30.3 Å². The third kappa shape index (κ3) is 2.88. The lowest BCUT2D eigenvalue weighted by Crippen LogP contribution is -2.35. The number of carbonyl (C=O) groups excluding carboxylic acids is 1. The first-order valence-corrected chi connectivity index (χ1v) is 5.55. The Balaban J connectivity index is 2.85. The quantitative estimate of drug-likeness (QED) is 0.487. The average Bonchev–Trinajstić information content (AvgIpc) is 2.70. The van der Waals surface area contributed by atoms with E-state index in [9.17, 15) is 14.9 Å². The van der Waals surface area contributed by atoms with Gasteiger partial charge in [-0.1, -0.05) is 6.92 Å². The zero-order valence-electron chi connectivity index (χ0n) is 10.3. The van der Waals surface area contributed by atoms with E-state index in [1.807, 2.05) is 6.92 Å². The largest absolute Gasteiger partial charge is 0.358 e. The Kier molecular flexibility index (Phi) is 4.49. The molecule has 1 aromatic rings. The standard InChI is InChI=1S/C12H15N3O3/c1-4-6-9(5-2)13-12(16)10-7-8-11(14(10)3)15(17)18/h1,7-9H,5-6H2,2-3H3,(H,13,16). The van der Waals surface area contributed by atoms with Gasteiger partial charge in [-0.2, -0.15) is 0 Å². The van der Waals surface area contributed by atoms with Gasteiger partial charge in [0.15, 0.2) is 5.69 Å². The number of carbonyl (C=O) groups is 1. The van der Waals surface area contributed by atoms with Gasteiger partial charge in [0.05, 0.1) is 7.05 Å². The maximum Gasteiger partial charge on any atom is 0.323 e. The first kappa shape index (κ1) is 13.8. The molecule has 1 N–H and O–H groups in total. The SMILES string of the molecule is C#CCC(CC)NC(=O)c1ccc([N+](=O)[O-])n1C. The van der Waals surface area contributed by atoms with Crippen molar-refractivity contribution in [3.05, 3.63) is 27.9 Å². The summed E-state index contributed by atoms with van der Waals surface area (Å²) in [5, 5.41) is 13.4. The number of nitrogens with one attached hydrogen (secondary N) is 1. The van der Waals surface area contributed by atoms with E-state index in [0.717, 1.165) is 0 Å². The molecule has 18 heavy (non-hydrogen) atoms. The molecule has 1 amide bonds. The number of terminal acetylenes is 1. The van der Waals surface area contributed by atoms with E-state index in [-0.39, 0.29) is 23.5 Å². The van der Waals surface area contributed by atoms with Crippen molar-refractivity contribution in [1.82, 2.24) is 9.88 Å². The van der Waals surface area contributed by atoms with Crippen LogP contribution >= 0.6 is 0 Å². The van der Waals surface area contributed by atoms with Crippen LogP contribution < -0.4 is 5.32 Å². The number of amides is 1. The highest BCUT2D eigenvalue weighted by molar-refractivity contribution is 5.93. The van der Waals surface area contributed by atoms with Crippen LogP contribution in [0.15, 0.2) is 12.1 Å². The highest BCUT2D eigenvalue weighted by atomic mass is 16.6. The first-order chi connectivity index (χ1) is 8.51. The molecule has 1 aromatic heterocycles. The second-order valence-corrected chi connectivity index (χ2v) is 3.88. The van der Waals surface area contributed by atoms with Crippen molar-refractivity contribution in [1.29, 1.82) is 0 Å². The van der Waals surface area contributed by atoms with Gasteiger partial charge in [0.2, 0.25) is 0 Å². The van der Waals surface area contributed by atoms with Gasteiger partial charge in [0, 0.05) is 18.5 Å². The molecule has 1 atom stereocenters. The minimum absolute atomic E-state index is 0.114. The molecule has 0 bridgehead atoms. The van der Waals surface area contributed by atoms with Gasteiger partial charge in [-0.3, -0.25) is 4.79 Å². The van der Waals surface area contributed by atoms with Crippen LogP contribution in [-0.4, -0.2) is 21.4 Å². The lowest BCUT2D eigenvalue weighted by atomic mass is 10.1. The lowest BCUT2D eigenvalue weighted by molar-refractivity contribution is -0.391. The lowest BCUT2D eigenvalue weighted by Gasteiger charge is -2.13. The van der Waals surface area contributed by atoms with E-state index < -0.39 is 4.92 Å². The zero-order chi connectivity index (χ0) is 13.7. The van der Waals surface area contributed by atoms with Crippen molar-refractivity contribution in [2.45, 2.75) is 25.8 Å². The second kappa shape index (κ2) is 5.87. The Hall–Kier alpha value is -2.29. The molecular weight excluding hydrogens is 234 g/mol. The molecule has 0 aliphatic rings. The highest BCUT2D eigenvalue weighted by Gasteiger charge is 2.21. The van der Waals surface area contributed by atoms with Crippen molar-refractivity contribution in [3.63, 3.8) is 0 Å². The molecular formula is C12H15N3O3. The molecule has 0 radical (unpaired) electrons. The molecule has 1 rings (SSSR count). The second-order valence-electron chi connectivity index (χ2n) is 3.88. The van der Waals surface area contributed by atoms with E-state index in [1.54, 1.807) is 0 Å². The number of hydrogen-bond acceptors (Lipinski definition) is 3. The van der Waals surface area contributed by atoms with Crippen molar-refractivity contribution >= 4 is 11.7 Å². The summed E-state index contributed by atoms with van der Waals surface area (Å²) in [7, 11) is 1.48. The smallest absolute Gasteiger partial charge is 0.323 e. The van der Waals surface area contributed by atoms with Gasteiger partial charge < -0.3 is 15.4 Å². The predicted molar refractivity (Wildman–Crippen MR) is 67.1 cm³/mol. The maximum atomic E-state index is 11.9. The van der Waals surface area contributed by atoms with Gasteiger partial charge in [-0.25, -0.2) is 4.57 Å². The van der Waals surface area contributed by atoms with Crippen LogP contribution in [-0.2, 0) is 7.05 Å². The van der Waals surface area contributed by atoms with E-state index in [1.165, 1.54) is 23.7 Å². The van der Waals surface area contributed by atoms with Crippen molar-refractivity contribution in [3.8, 4) is 12.3 Å². The Morgan fingerprint density at radius 2 is 2.33 bits per heavy atom. The molecule has 1 unspecified atom stereocenters. The van der Waals surface area contributed by atoms with Crippen LogP contribution in [0.25, 0.3) is 0 Å². The van der Waals surface area contributed by atoms with Gasteiger partial charge in [0.1, 0.15) is 0 Å². The third-order valence-electron chi connectivity index (χ3n) is 2.71. The third-order valence-corrected chi connectivity index (χ3v) is 2.71. The number of nitrogens with zero attached hydrogens (tertiary/aromatic N) is 2. The van der Waals surface area contributed by atoms with Crippen molar-refractivity contribution < 1.29 is 9.72 Å². The Morgan fingerprint density at radius 3 is 2.78 bits per heavy atom. The molecule has 0 spiro atoms. The van der Waals surface area contributed by atoms with Crippen molar-refractivity contribution in [2.75, 3.05) is 0 Å². The number of aromatic nitrogens is 1. The molecule has 0 fully saturated rings. The van der Waals surface area contributed by atoms with E-state index in [0.29, 0.717) is 12.8 Å². The van der Waals surface area contributed by atoms with Crippen LogP contribution in [0, 0.1) is 22.5 Å². The van der Waals surface area contributed by atoms with Gasteiger partial charge in [0.25, 0.3) is 5.91 Å². The minimum Gasteiger partial charge on any atom is -0.358 e. The summed E-state index contributed by atoms with van der Waals surface area (Å²) in [6.45, 7) is 1.91. The van der Waals surface area contributed by atoms with E-state index in [2.05, 4.69) is 11.2 Å². The Morgan fingerprint density at radius 1 is 1.67 bits per heavy atom. The highest BCUT2D eigenvalue weighted by Crippen LogP contribution is 2.15. The first-order valence-electron chi connectivity index (χ1n) is 5.55. The van der Waals surface area contributed by atoms with Crippen molar-refractivity contribution in [2.24, 2.45) is 7.05 Å². The molecule has 0 aromatic carbocycles. The predicted octanol–water partition coefficient (Wildman–Crippen LogP) is 1.47. The fraction of sp³-hybridized carbons (Fsp3) is 0.417. The molecule has 6 nitrogen and oxygen atoms in total. The fourth-order valence-corrected chi connectivity index (χ4v) is 1.61. The van der Waals surface area contributed by atoms with Crippen LogP contribution in [0.5, 0.6) is 0 Å². The van der Waals surface area contributed by atoms with Crippen LogP contribution in [0.4, 0.5) is 5.82 Å². The van der Waals surface area contributed by atoms with Gasteiger partial charge >= 0.3 is 5.82 Å². The summed E-state index contributed by atoms with van der Waals surface area (Å²) < 4.78 is 1.25. The Labute approximate surface area is 105 Å². The Bertz CT molecular complexity index is 499. The molecule has 0 saturated carbocycles. The number of rotatable bonds is 5. The average molecular weight is 249 g/mol. The summed E-state index contributed by atoms with van der Waals surface area (Å²) in [6.07, 6.45) is 6.35. The molecule has 0 aliphatic carbocycles. The molecule has 0 saturated heterocycles. The summed E-state index contributed by atoms with van der Waals surface area (Å²) in [6, 6.07) is 2.61. The molecule has 6 heteroatoms. The summed E-state index contributed by atoms with van der Waals surface area (Å²) >= 11 is 0. The summed E-state index contributed by atoms with van der Waals surface area (Å²) in [5.41, 5.74) is 0.247. The molecule has 0 aliphatic heterocycles. The van der Waals surface area contributed by atoms with Crippen LogP contribution in [0.2, 0.25) is 0 Å². The monoisotopic (exact) mass is 249 g/mol. The zero-order valence-corrected chi connectivity index (χ0v) is 10.3. The minimum atomic E-state index is -0.532. The maximum absolute atomic E-state index is 11.9. The normalized spacial score (nSPS) is 11.6. The fourth-order valence-electron chi connectivity index (χ4n) is 1.61. The number of hydrogen-bond donors (Lipinski definition) is 1. The number of nitro groups is 1. The summed E-state index contributed by atoms with van der Waals surface area (Å²) in [5.74, 6) is 2.01. The van der Waals surface area contributed by atoms with Crippen LogP contribution in [0.3, 0.4) is 0 Å². The topological polar surface area (TPSA) is 77.2 Å². The van der Waals surface area contributed by atoms with Gasteiger partial charge in [-0.05, 0) is 17.4 Å². The molecule has 1 heterocycles. The summed E-state index contributed by atoms with van der Waals surface area (Å²) in [4.78, 5) is 22.1. The van der Waals surface area contributed by atoms with E-state index in [4.69, 9.17) is 6.42 Å². The molecule has 96 valence electrons. The van der Waals surface area contributed by atoms with Gasteiger partial charge in [-0.15, -0.1) is 12.3 Å². The van der Waals surface area contributed by atoms with E-state index >= 15 is 0 Å².